The normalized spacial score (nSPS) is 12.9. The van der Waals surface area contributed by atoms with Crippen molar-refractivity contribution in [1.29, 1.82) is 0 Å². The van der Waals surface area contributed by atoms with Crippen molar-refractivity contribution in [1.82, 2.24) is 0 Å². The summed E-state index contributed by atoms with van der Waals surface area (Å²) in [6.07, 6.45) is 6.03. The maximum atomic E-state index is 5.09. The van der Waals surface area contributed by atoms with Gasteiger partial charge >= 0.3 is 0 Å². The quantitative estimate of drug-likeness (QED) is 0.472. The van der Waals surface area contributed by atoms with Crippen LogP contribution >= 0.6 is 11.8 Å². The van der Waals surface area contributed by atoms with Crippen LogP contribution in [0.25, 0.3) is 0 Å². The lowest BCUT2D eigenvalue weighted by Gasteiger charge is -1.92. The molecule has 0 unspecified atom stereocenters. The number of nitrogens with zero attached hydrogens (tertiary/aromatic N) is 1. The Labute approximate surface area is 60.2 Å². The van der Waals surface area contributed by atoms with Crippen molar-refractivity contribution in [2.45, 2.75) is 13.3 Å². The summed E-state index contributed by atoms with van der Waals surface area (Å²) in [7, 11) is 0. The second kappa shape index (κ2) is 5.69. The first-order valence-electron chi connectivity index (χ1n) is 2.82. The Kier molecular flexibility index (Phi) is 5.41. The van der Waals surface area contributed by atoms with Crippen LogP contribution in [0.4, 0.5) is 0 Å². The Morgan fingerprint density at radius 2 is 2.44 bits per heavy atom. The predicted molar refractivity (Wildman–Crippen MR) is 44.6 cm³/mol. The van der Waals surface area contributed by atoms with Crippen LogP contribution in [0.2, 0.25) is 0 Å². The van der Waals surface area contributed by atoms with E-state index in [4.69, 9.17) is 5.73 Å². The maximum Gasteiger partial charge on any atom is 0.0726 e. The standard InChI is InChI=1S/C6H12N2S/c1-3-6(9-2)8-5-4-7/h4-5H,3,7H2,1-2H3/b5-4-,8-6+. The zero-order valence-electron chi connectivity index (χ0n) is 5.79. The molecule has 0 amide bonds. The maximum absolute atomic E-state index is 5.09. The monoisotopic (exact) mass is 144 g/mol. The van der Waals surface area contributed by atoms with Crippen molar-refractivity contribution in [2.24, 2.45) is 10.7 Å². The summed E-state index contributed by atoms with van der Waals surface area (Å²) in [6, 6.07) is 0. The van der Waals surface area contributed by atoms with E-state index in [1.807, 2.05) is 6.26 Å². The summed E-state index contributed by atoms with van der Waals surface area (Å²) < 4.78 is 0. The van der Waals surface area contributed by atoms with E-state index in [0.717, 1.165) is 11.5 Å². The lowest BCUT2D eigenvalue weighted by atomic mass is 10.5. The summed E-state index contributed by atoms with van der Waals surface area (Å²) in [6.45, 7) is 2.07. The molecule has 0 aliphatic heterocycles. The van der Waals surface area contributed by atoms with Crippen LogP contribution in [-0.4, -0.2) is 11.3 Å². The summed E-state index contributed by atoms with van der Waals surface area (Å²) in [5, 5.41) is 1.11. The van der Waals surface area contributed by atoms with Gasteiger partial charge in [-0.15, -0.1) is 11.8 Å². The van der Waals surface area contributed by atoms with E-state index in [-0.39, 0.29) is 0 Å². The van der Waals surface area contributed by atoms with Gasteiger partial charge in [-0.2, -0.15) is 0 Å². The van der Waals surface area contributed by atoms with E-state index in [1.165, 1.54) is 6.20 Å². The molecule has 2 N–H and O–H groups in total. The molecule has 0 spiro atoms. The minimum atomic E-state index is 0.978. The van der Waals surface area contributed by atoms with Gasteiger partial charge in [0.1, 0.15) is 0 Å². The third-order valence-electron chi connectivity index (χ3n) is 0.843. The van der Waals surface area contributed by atoms with Gasteiger partial charge in [-0.3, -0.25) is 4.99 Å². The fourth-order valence-electron chi connectivity index (χ4n) is 0.414. The van der Waals surface area contributed by atoms with E-state index >= 15 is 0 Å². The number of rotatable bonds is 2. The summed E-state index contributed by atoms with van der Waals surface area (Å²) in [4.78, 5) is 4.05. The van der Waals surface area contributed by atoms with Crippen molar-refractivity contribution < 1.29 is 0 Å². The fourth-order valence-corrected chi connectivity index (χ4v) is 0.869. The number of nitrogens with two attached hydrogens (primary N) is 1. The zero-order valence-corrected chi connectivity index (χ0v) is 6.61. The number of hydrogen-bond donors (Lipinski definition) is 1. The molecule has 0 saturated carbocycles. The highest BCUT2D eigenvalue weighted by molar-refractivity contribution is 8.13. The molecule has 0 bridgehead atoms. The third-order valence-corrected chi connectivity index (χ3v) is 1.71. The van der Waals surface area contributed by atoms with Gasteiger partial charge in [0.05, 0.1) is 5.04 Å². The topological polar surface area (TPSA) is 38.4 Å². The first-order chi connectivity index (χ1) is 4.35. The summed E-state index contributed by atoms with van der Waals surface area (Å²) in [5.74, 6) is 0. The molecule has 2 nitrogen and oxygen atoms in total. The highest BCUT2D eigenvalue weighted by atomic mass is 32.2. The van der Waals surface area contributed by atoms with Crippen molar-refractivity contribution >= 4 is 16.8 Å². The SMILES string of the molecule is CC/C(=N\C=C/N)SC. The summed E-state index contributed by atoms with van der Waals surface area (Å²) >= 11 is 1.65. The molecule has 9 heavy (non-hydrogen) atoms. The van der Waals surface area contributed by atoms with Crippen LogP contribution in [-0.2, 0) is 0 Å². The predicted octanol–water partition coefficient (Wildman–Crippen LogP) is 1.59. The van der Waals surface area contributed by atoms with Crippen molar-refractivity contribution in [3.63, 3.8) is 0 Å². The van der Waals surface area contributed by atoms with Gasteiger partial charge in [-0.1, -0.05) is 6.92 Å². The number of aliphatic imine (C=N–C) groups is 1. The molecule has 0 rings (SSSR count). The van der Waals surface area contributed by atoms with Crippen LogP contribution in [0, 0.1) is 0 Å². The highest BCUT2D eigenvalue weighted by Crippen LogP contribution is 2.01. The lowest BCUT2D eigenvalue weighted by Crippen LogP contribution is -1.85. The molecular weight excluding hydrogens is 132 g/mol. The summed E-state index contributed by atoms with van der Waals surface area (Å²) in [5.41, 5.74) is 5.09. The number of hydrogen-bond acceptors (Lipinski definition) is 3. The molecule has 3 heteroatoms. The average molecular weight is 144 g/mol. The Morgan fingerprint density at radius 1 is 1.78 bits per heavy atom. The molecule has 0 heterocycles. The lowest BCUT2D eigenvalue weighted by molar-refractivity contribution is 1.30. The van der Waals surface area contributed by atoms with Gasteiger partial charge in [0, 0.05) is 12.4 Å². The highest BCUT2D eigenvalue weighted by Gasteiger charge is 1.86. The molecule has 52 valence electrons. The Hall–Kier alpha value is -0.440. The molecule has 0 aromatic heterocycles. The minimum Gasteiger partial charge on any atom is -0.403 e. The van der Waals surface area contributed by atoms with Gasteiger partial charge in [0.2, 0.25) is 0 Å². The first kappa shape index (κ1) is 8.56. The van der Waals surface area contributed by atoms with E-state index in [2.05, 4.69) is 11.9 Å². The molecule has 0 radical (unpaired) electrons. The van der Waals surface area contributed by atoms with Crippen LogP contribution < -0.4 is 5.73 Å². The van der Waals surface area contributed by atoms with Crippen molar-refractivity contribution in [2.75, 3.05) is 6.26 Å². The molecule has 0 aromatic rings. The van der Waals surface area contributed by atoms with Gasteiger partial charge in [0.15, 0.2) is 0 Å². The van der Waals surface area contributed by atoms with Crippen LogP contribution in [0.1, 0.15) is 13.3 Å². The minimum absolute atomic E-state index is 0.978. The molecule has 0 aliphatic carbocycles. The zero-order chi connectivity index (χ0) is 7.11. The van der Waals surface area contributed by atoms with E-state index in [9.17, 15) is 0 Å². The Bertz CT molecular complexity index is 112. The van der Waals surface area contributed by atoms with Crippen LogP contribution in [0.5, 0.6) is 0 Å². The van der Waals surface area contributed by atoms with Gasteiger partial charge < -0.3 is 5.73 Å². The second-order valence-corrected chi connectivity index (χ2v) is 2.30. The van der Waals surface area contributed by atoms with E-state index in [1.54, 1.807) is 18.0 Å². The third kappa shape index (κ3) is 4.09. The molecular formula is C6H12N2S. The molecule has 0 saturated heterocycles. The molecule has 0 aliphatic rings. The molecule has 0 aromatic carbocycles. The molecule has 0 atom stereocenters. The first-order valence-corrected chi connectivity index (χ1v) is 4.05. The van der Waals surface area contributed by atoms with Gasteiger partial charge in [0.25, 0.3) is 0 Å². The smallest absolute Gasteiger partial charge is 0.0726 e. The van der Waals surface area contributed by atoms with Crippen LogP contribution in [0.15, 0.2) is 17.4 Å². The van der Waals surface area contributed by atoms with Crippen molar-refractivity contribution in [3.8, 4) is 0 Å². The van der Waals surface area contributed by atoms with E-state index < -0.39 is 0 Å². The van der Waals surface area contributed by atoms with Crippen LogP contribution in [0.3, 0.4) is 0 Å². The Morgan fingerprint density at radius 3 is 2.78 bits per heavy atom. The number of thioether (sulfide) groups is 1. The second-order valence-electron chi connectivity index (χ2n) is 1.42. The van der Waals surface area contributed by atoms with Gasteiger partial charge in [-0.25, -0.2) is 0 Å². The van der Waals surface area contributed by atoms with Gasteiger partial charge in [-0.05, 0) is 12.7 Å². The largest absolute Gasteiger partial charge is 0.403 e. The van der Waals surface area contributed by atoms with Crippen molar-refractivity contribution in [3.05, 3.63) is 12.4 Å². The average Bonchev–Trinajstić information content (AvgIpc) is 1.91. The fraction of sp³-hybridized carbons (Fsp3) is 0.500. The van der Waals surface area contributed by atoms with E-state index in [0.29, 0.717) is 0 Å². The Balaban J connectivity index is 3.75. The molecule has 0 fully saturated rings.